The van der Waals surface area contributed by atoms with Crippen molar-refractivity contribution in [3.63, 3.8) is 0 Å². The van der Waals surface area contributed by atoms with Gasteiger partial charge in [0.25, 0.3) is 5.91 Å². The van der Waals surface area contributed by atoms with E-state index in [2.05, 4.69) is 42.5 Å². The van der Waals surface area contributed by atoms with E-state index < -0.39 is 0 Å². The topological polar surface area (TPSA) is 59.8 Å². The van der Waals surface area contributed by atoms with Gasteiger partial charge in [0.1, 0.15) is 0 Å². The van der Waals surface area contributed by atoms with E-state index in [1.807, 2.05) is 28.9 Å². The Kier molecular flexibility index (Phi) is 4.59. The summed E-state index contributed by atoms with van der Waals surface area (Å²) in [6.07, 6.45) is 2.08. The maximum absolute atomic E-state index is 12.6. The van der Waals surface area contributed by atoms with Gasteiger partial charge in [-0.15, -0.1) is 0 Å². The number of aryl methyl sites for hydroxylation is 2. The van der Waals surface area contributed by atoms with E-state index in [-0.39, 0.29) is 5.91 Å². The minimum absolute atomic E-state index is 0.165. The first-order valence-electron chi connectivity index (χ1n) is 9.30. The van der Waals surface area contributed by atoms with Gasteiger partial charge in [0.15, 0.2) is 11.5 Å². The molecule has 0 unspecified atom stereocenters. The molecular weight excluding hydrogens is 336 g/mol. The number of amides is 1. The van der Waals surface area contributed by atoms with Crippen molar-refractivity contribution < 1.29 is 4.79 Å². The average molecular weight is 358 g/mol. The van der Waals surface area contributed by atoms with Crippen LogP contribution in [0.4, 0.5) is 5.82 Å². The molecule has 0 fully saturated rings. The quantitative estimate of drug-likeness (QED) is 0.549. The zero-order valence-electron chi connectivity index (χ0n) is 15.6. The highest BCUT2D eigenvalue weighted by Crippen LogP contribution is 2.27. The summed E-state index contributed by atoms with van der Waals surface area (Å²) >= 11 is 0. The number of rotatable bonds is 5. The summed E-state index contributed by atoms with van der Waals surface area (Å²) in [6, 6.07) is 17.5. The first-order valence-corrected chi connectivity index (χ1v) is 9.30. The summed E-state index contributed by atoms with van der Waals surface area (Å²) in [5.74, 6) is 0.396. The van der Waals surface area contributed by atoms with Crippen LogP contribution in [0.2, 0.25) is 0 Å². The van der Waals surface area contributed by atoms with Crippen LogP contribution in [0.25, 0.3) is 21.9 Å². The monoisotopic (exact) mass is 358 g/mol. The summed E-state index contributed by atoms with van der Waals surface area (Å²) in [4.78, 5) is 17.4. The molecular formula is C22H22N4O. The maximum Gasteiger partial charge on any atom is 0.256 e. The van der Waals surface area contributed by atoms with Crippen LogP contribution < -0.4 is 5.32 Å². The third-order valence-corrected chi connectivity index (χ3v) is 4.66. The Labute approximate surface area is 158 Å². The van der Waals surface area contributed by atoms with Crippen molar-refractivity contribution in [1.82, 2.24) is 14.8 Å². The molecule has 2 heterocycles. The summed E-state index contributed by atoms with van der Waals surface area (Å²) in [5, 5.41) is 9.54. The second-order valence-corrected chi connectivity index (χ2v) is 6.80. The number of hydrogen-bond acceptors (Lipinski definition) is 3. The number of nitrogens with zero attached hydrogens (tertiary/aromatic N) is 3. The third-order valence-electron chi connectivity index (χ3n) is 4.66. The Morgan fingerprint density at radius 2 is 1.93 bits per heavy atom. The molecule has 0 saturated heterocycles. The molecule has 0 radical (unpaired) electrons. The normalized spacial score (nSPS) is 11.2. The molecule has 0 atom stereocenters. The zero-order chi connectivity index (χ0) is 18.8. The first-order chi connectivity index (χ1) is 13.2. The molecule has 0 saturated carbocycles. The second kappa shape index (κ2) is 7.19. The molecule has 27 heavy (non-hydrogen) atoms. The molecule has 4 aromatic rings. The molecule has 1 N–H and O–H groups in total. The number of carbonyl (C=O) groups is 1. The summed E-state index contributed by atoms with van der Waals surface area (Å²) in [5.41, 5.74) is 3.53. The summed E-state index contributed by atoms with van der Waals surface area (Å²) < 4.78 is 1.90. The Bertz CT molecular complexity index is 1120. The van der Waals surface area contributed by atoms with E-state index in [1.165, 1.54) is 5.56 Å². The van der Waals surface area contributed by atoms with Crippen molar-refractivity contribution in [3.05, 3.63) is 65.7 Å². The molecule has 0 aliphatic carbocycles. The van der Waals surface area contributed by atoms with E-state index in [0.717, 1.165) is 41.3 Å². The number of unbranched alkanes of at least 4 members (excludes halogenated alkanes) is 1. The predicted molar refractivity (Wildman–Crippen MR) is 109 cm³/mol. The van der Waals surface area contributed by atoms with Gasteiger partial charge in [-0.3, -0.25) is 4.79 Å². The number of carbonyl (C=O) groups excluding carboxylic acids is 1. The lowest BCUT2D eigenvalue weighted by Gasteiger charge is -2.03. The highest BCUT2D eigenvalue weighted by atomic mass is 16.1. The lowest BCUT2D eigenvalue weighted by molar-refractivity contribution is 0.102. The van der Waals surface area contributed by atoms with Crippen LogP contribution >= 0.6 is 0 Å². The summed E-state index contributed by atoms with van der Waals surface area (Å²) in [6.45, 7) is 4.99. The van der Waals surface area contributed by atoms with E-state index in [1.54, 1.807) is 12.1 Å². The number of aromatic nitrogens is 3. The smallest absolute Gasteiger partial charge is 0.256 e. The minimum atomic E-state index is -0.165. The number of nitrogens with one attached hydrogen (secondary N) is 1. The van der Waals surface area contributed by atoms with Gasteiger partial charge >= 0.3 is 0 Å². The van der Waals surface area contributed by atoms with Crippen LogP contribution in [-0.2, 0) is 6.54 Å². The van der Waals surface area contributed by atoms with Gasteiger partial charge in [-0.05, 0) is 43.7 Å². The van der Waals surface area contributed by atoms with Crippen molar-refractivity contribution in [1.29, 1.82) is 0 Å². The molecule has 2 aromatic heterocycles. The SMILES string of the molecule is CCCCn1nc(NC(=O)c2ccccc2)c2cc3cc(C)ccc3nc21. The van der Waals surface area contributed by atoms with Crippen LogP contribution in [0.1, 0.15) is 35.7 Å². The van der Waals surface area contributed by atoms with E-state index >= 15 is 0 Å². The maximum atomic E-state index is 12.6. The van der Waals surface area contributed by atoms with E-state index in [4.69, 9.17) is 4.98 Å². The Hall–Kier alpha value is -3.21. The van der Waals surface area contributed by atoms with Gasteiger partial charge in [0, 0.05) is 17.5 Å². The van der Waals surface area contributed by atoms with Crippen molar-refractivity contribution in [2.45, 2.75) is 33.2 Å². The van der Waals surface area contributed by atoms with Gasteiger partial charge in [-0.2, -0.15) is 5.10 Å². The van der Waals surface area contributed by atoms with Gasteiger partial charge in [0.05, 0.1) is 10.9 Å². The van der Waals surface area contributed by atoms with Gasteiger partial charge < -0.3 is 5.32 Å². The van der Waals surface area contributed by atoms with Gasteiger partial charge in [-0.25, -0.2) is 9.67 Å². The van der Waals surface area contributed by atoms with Crippen molar-refractivity contribution in [3.8, 4) is 0 Å². The molecule has 0 bridgehead atoms. The van der Waals surface area contributed by atoms with Crippen LogP contribution in [0.5, 0.6) is 0 Å². The van der Waals surface area contributed by atoms with Crippen LogP contribution in [0.3, 0.4) is 0 Å². The van der Waals surface area contributed by atoms with E-state index in [9.17, 15) is 4.79 Å². The molecule has 4 rings (SSSR count). The highest BCUT2D eigenvalue weighted by molar-refractivity contribution is 6.08. The molecule has 0 aliphatic heterocycles. The largest absolute Gasteiger partial charge is 0.305 e. The molecule has 1 amide bonds. The van der Waals surface area contributed by atoms with Crippen LogP contribution in [-0.4, -0.2) is 20.7 Å². The van der Waals surface area contributed by atoms with Gasteiger partial charge in [0.2, 0.25) is 0 Å². The average Bonchev–Trinajstić information content (AvgIpc) is 3.01. The number of anilines is 1. The highest BCUT2D eigenvalue weighted by Gasteiger charge is 2.16. The number of benzene rings is 2. The minimum Gasteiger partial charge on any atom is -0.305 e. The Balaban J connectivity index is 1.81. The Morgan fingerprint density at radius 1 is 1.11 bits per heavy atom. The fourth-order valence-corrected chi connectivity index (χ4v) is 3.20. The number of pyridine rings is 1. The molecule has 0 spiro atoms. The molecule has 5 heteroatoms. The van der Waals surface area contributed by atoms with Crippen molar-refractivity contribution in [2.24, 2.45) is 0 Å². The fourth-order valence-electron chi connectivity index (χ4n) is 3.20. The standard InChI is InChI=1S/C22H22N4O/c1-3-4-12-26-21-18(14-17-13-15(2)10-11-19(17)23-21)20(25-26)24-22(27)16-8-6-5-7-9-16/h5-11,13-14H,3-4,12H2,1-2H3,(H,24,25,27). The van der Waals surface area contributed by atoms with Crippen LogP contribution in [0, 0.1) is 6.92 Å². The fraction of sp³-hybridized carbons (Fsp3) is 0.227. The molecule has 2 aromatic carbocycles. The first kappa shape index (κ1) is 17.2. The zero-order valence-corrected chi connectivity index (χ0v) is 15.6. The molecule has 136 valence electrons. The third kappa shape index (κ3) is 3.40. The van der Waals surface area contributed by atoms with Crippen LogP contribution in [0.15, 0.2) is 54.6 Å². The Morgan fingerprint density at radius 3 is 2.70 bits per heavy atom. The lowest BCUT2D eigenvalue weighted by atomic mass is 10.1. The van der Waals surface area contributed by atoms with Crippen molar-refractivity contribution in [2.75, 3.05) is 5.32 Å². The predicted octanol–water partition coefficient (Wildman–Crippen LogP) is 4.95. The summed E-state index contributed by atoms with van der Waals surface area (Å²) in [7, 11) is 0. The van der Waals surface area contributed by atoms with Gasteiger partial charge in [-0.1, -0.05) is 43.2 Å². The number of hydrogen-bond donors (Lipinski definition) is 1. The number of fused-ring (bicyclic) bond motifs is 2. The van der Waals surface area contributed by atoms with Crippen molar-refractivity contribution >= 4 is 33.7 Å². The van der Waals surface area contributed by atoms with E-state index in [0.29, 0.717) is 11.4 Å². The lowest BCUT2D eigenvalue weighted by Crippen LogP contribution is -2.12. The second-order valence-electron chi connectivity index (χ2n) is 6.80. The molecule has 0 aliphatic rings. The molecule has 5 nitrogen and oxygen atoms in total.